The number of ether oxygens (including phenoxy) is 3. The van der Waals surface area contributed by atoms with E-state index < -0.39 is 6.10 Å². The number of rotatable bonds is 58. The third kappa shape index (κ3) is 56.9. The van der Waals surface area contributed by atoms with E-state index in [0.717, 1.165) is 57.8 Å². The SMILES string of the molecule is CCCCCCCCCC/C=C\CCCCCCCCCC(=O)OCC(COC(=O)CCCCCCCCCCCCCCC)OC(=O)CCCCCCCCCCCCCCCCCCCCC. The number of carbonyl (C=O) groups is 3. The maximum Gasteiger partial charge on any atom is 0.306 e. The Balaban J connectivity index is 4.28. The highest BCUT2D eigenvalue weighted by atomic mass is 16.6. The molecule has 0 aliphatic heterocycles. The van der Waals surface area contributed by atoms with E-state index in [9.17, 15) is 14.4 Å². The minimum Gasteiger partial charge on any atom is -0.462 e. The summed E-state index contributed by atoms with van der Waals surface area (Å²) in [7, 11) is 0. The zero-order valence-corrected chi connectivity index (χ0v) is 46.9. The van der Waals surface area contributed by atoms with E-state index in [0.29, 0.717) is 19.3 Å². The summed E-state index contributed by atoms with van der Waals surface area (Å²) in [5, 5.41) is 0. The smallest absolute Gasteiger partial charge is 0.306 e. The number of hydrogen-bond donors (Lipinski definition) is 0. The third-order valence-electron chi connectivity index (χ3n) is 14.3. The lowest BCUT2D eigenvalue weighted by atomic mass is 10.0. The number of carbonyl (C=O) groups excluding carboxylic acids is 3. The van der Waals surface area contributed by atoms with Gasteiger partial charge in [-0.3, -0.25) is 14.4 Å². The molecule has 0 spiro atoms. The van der Waals surface area contributed by atoms with Crippen molar-refractivity contribution in [1.29, 1.82) is 0 Å². The van der Waals surface area contributed by atoms with E-state index >= 15 is 0 Å². The van der Waals surface area contributed by atoms with Gasteiger partial charge in [0.15, 0.2) is 6.10 Å². The quantitative estimate of drug-likeness (QED) is 0.0261. The molecular formula is C63H120O6. The molecule has 0 radical (unpaired) electrons. The van der Waals surface area contributed by atoms with E-state index in [1.165, 1.54) is 257 Å². The van der Waals surface area contributed by atoms with Crippen molar-refractivity contribution in [2.75, 3.05) is 13.2 Å². The van der Waals surface area contributed by atoms with Crippen molar-refractivity contribution in [3.05, 3.63) is 12.2 Å². The topological polar surface area (TPSA) is 78.9 Å². The fraction of sp³-hybridized carbons (Fsp3) is 0.921. The molecule has 6 heteroatoms. The van der Waals surface area contributed by atoms with E-state index in [1.54, 1.807) is 0 Å². The first-order chi connectivity index (χ1) is 34.0. The van der Waals surface area contributed by atoms with Gasteiger partial charge in [-0.25, -0.2) is 0 Å². The molecule has 0 aliphatic carbocycles. The van der Waals surface area contributed by atoms with Crippen LogP contribution in [0.15, 0.2) is 12.2 Å². The van der Waals surface area contributed by atoms with Crippen molar-refractivity contribution < 1.29 is 28.6 Å². The molecule has 0 rings (SSSR count). The average molecular weight is 974 g/mol. The molecule has 0 heterocycles. The van der Waals surface area contributed by atoms with Gasteiger partial charge in [-0.05, 0) is 44.9 Å². The normalized spacial score (nSPS) is 12.0. The lowest BCUT2D eigenvalue weighted by Crippen LogP contribution is -2.30. The van der Waals surface area contributed by atoms with Crippen LogP contribution in [0.2, 0.25) is 0 Å². The maximum absolute atomic E-state index is 12.9. The lowest BCUT2D eigenvalue weighted by Gasteiger charge is -2.18. The van der Waals surface area contributed by atoms with Gasteiger partial charge in [-0.15, -0.1) is 0 Å². The number of unbranched alkanes of at least 4 members (excludes halogenated alkanes) is 45. The Kier molecular flexibility index (Phi) is 57.1. The van der Waals surface area contributed by atoms with Gasteiger partial charge in [0, 0.05) is 19.3 Å². The Labute approximate surface area is 431 Å². The minimum absolute atomic E-state index is 0.0649. The van der Waals surface area contributed by atoms with Crippen molar-refractivity contribution >= 4 is 17.9 Å². The van der Waals surface area contributed by atoms with Gasteiger partial charge >= 0.3 is 17.9 Å². The predicted octanol–water partition coefficient (Wildman–Crippen LogP) is 20.9. The summed E-state index contributed by atoms with van der Waals surface area (Å²) < 4.78 is 16.9. The largest absolute Gasteiger partial charge is 0.462 e. The third-order valence-corrected chi connectivity index (χ3v) is 14.3. The average Bonchev–Trinajstić information content (AvgIpc) is 3.35. The molecule has 0 saturated carbocycles. The first-order valence-corrected chi connectivity index (χ1v) is 31.2. The second kappa shape index (κ2) is 58.7. The molecule has 0 fully saturated rings. The van der Waals surface area contributed by atoms with Crippen LogP contribution in [-0.2, 0) is 28.6 Å². The van der Waals surface area contributed by atoms with Crippen LogP contribution in [0.3, 0.4) is 0 Å². The monoisotopic (exact) mass is 973 g/mol. The Morgan fingerprint density at radius 3 is 0.725 bits per heavy atom. The molecule has 408 valence electrons. The van der Waals surface area contributed by atoms with Crippen LogP contribution in [0.1, 0.15) is 355 Å². The summed E-state index contributed by atoms with van der Waals surface area (Å²) in [6, 6.07) is 0. The van der Waals surface area contributed by atoms with Gasteiger partial charge in [0.1, 0.15) is 13.2 Å². The van der Waals surface area contributed by atoms with Crippen molar-refractivity contribution in [1.82, 2.24) is 0 Å². The van der Waals surface area contributed by atoms with Gasteiger partial charge in [-0.2, -0.15) is 0 Å². The van der Waals surface area contributed by atoms with Crippen LogP contribution in [0.5, 0.6) is 0 Å². The summed E-state index contributed by atoms with van der Waals surface area (Å²) in [5.41, 5.74) is 0. The summed E-state index contributed by atoms with van der Waals surface area (Å²) in [4.78, 5) is 38.2. The van der Waals surface area contributed by atoms with E-state index in [4.69, 9.17) is 14.2 Å². The maximum atomic E-state index is 12.9. The van der Waals surface area contributed by atoms with Gasteiger partial charge in [0.05, 0.1) is 0 Å². The number of allylic oxidation sites excluding steroid dienone is 2. The Morgan fingerprint density at radius 1 is 0.275 bits per heavy atom. The second-order valence-corrected chi connectivity index (χ2v) is 21.3. The van der Waals surface area contributed by atoms with Crippen LogP contribution >= 0.6 is 0 Å². The van der Waals surface area contributed by atoms with E-state index in [1.807, 2.05) is 0 Å². The first kappa shape index (κ1) is 67.1. The summed E-state index contributed by atoms with van der Waals surface area (Å²) >= 11 is 0. The van der Waals surface area contributed by atoms with Gasteiger partial charge in [-0.1, -0.05) is 303 Å². The molecule has 0 aromatic heterocycles. The summed E-state index contributed by atoms with van der Waals surface area (Å²) in [5.74, 6) is -0.841. The van der Waals surface area contributed by atoms with Crippen LogP contribution in [0.25, 0.3) is 0 Å². The van der Waals surface area contributed by atoms with Gasteiger partial charge in [0.2, 0.25) is 0 Å². The zero-order valence-electron chi connectivity index (χ0n) is 46.9. The Hall–Kier alpha value is -1.85. The van der Waals surface area contributed by atoms with E-state index in [2.05, 4.69) is 32.9 Å². The van der Waals surface area contributed by atoms with Crippen molar-refractivity contribution in [2.24, 2.45) is 0 Å². The highest BCUT2D eigenvalue weighted by Gasteiger charge is 2.19. The Morgan fingerprint density at radius 2 is 0.478 bits per heavy atom. The van der Waals surface area contributed by atoms with Crippen molar-refractivity contribution in [3.63, 3.8) is 0 Å². The summed E-state index contributed by atoms with van der Waals surface area (Å²) in [6.07, 6.45) is 67.8. The van der Waals surface area contributed by atoms with Gasteiger partial charge < -0.3 is 14.2 Å². The second-order valence-electron chi connectivity index (χ2n) is 21.3. The molecule has 0 bridgehead atoms. The molecule has 0 N–H and O–H groups in total. The zero-order chi connectivity index (χ0) is 50.0. The lowest BCUT2D eigenvalue weighted by molar-refractivity contribution is -0.167. The van der Waals surface area contributed by atoms with Crippen molar-refractivity contribution in [3.8, 4) is 0 Å². The van der Waals surface area contributed by atoms with Crippen LogP contribution in [0.4, 0.5) is 0 Å². The fourth-order valence-corrected chi connectivity index (χ4v) is 9.56. The van der Waals surface area contributed by atoms with Crippen LogP contribution in [-0.4, -0.2) is 37.2 Å². The highest BCUT2D eigenvalue weighted by Crippen LogP contribution is 2.18. The molecule has 1 unspecified atom stereocenters. The van der Waals surface area contributed by atoms with E-state index in [-0.39, 0.29) is 31.1 Å². The standard InChI is InChI=1S/C63H120O6/c1-4-7-10-13-16-19-22-25-27-29-31-33-35-38-41-44-47-50-53-56-62(65)68-59-60(58-67-61(64)55-52-49-46-43-40-37-24-21-18-15-12-9-6-3)69-63(66)57-54-51-48-45-42-39-36-34-32-30-28-26-23-20-17-14-11-8-5-2/h29,31,60H,4-28,30,32-59H2,1-3H3/b31-29-. The number of esters is 3. The van der Waals surface area contributed by atoms with Crippen LogP contribution in [0, 0.1) is 0 Å². The highest BCUT2D eigenvalue weighted by molar-refractivity contribution is 5.71. The molecular weight excluding hydrogens is 853 g/mol. The molecule has 69 heavy (non-hydrogen) atoms. The number of hydrogen-bond acceptors (Lipinski definition) is 6. The first-order valence-electron chi connectivity index (χ1n) is 31.2. The molecule has 6 nitrogen and oxygen atoms in total. The van der Waals surface area contributed by atoms with Crippen molar-refractivity contribution in [2.45, 2.75) is 361 Å². The Bertz CT molecular complexity index is 1070. The minimum atomic E-state index is -0.766. The van der Waals surface area contributed by atoms with Crippen LogP contribution < -0.4 is 0 Å². The molecule has 1 atom stereocenters. The summed E-state index contributed by atoms with van der Waals surface area (Å²) in [6.45, 7) is 6.71. The molecule has 0 aromatic rings. The molecule has 0 aliphatic rings. The fourth-order valence-electron chi connectivity index (χ4n) is 9.56. The molecule has 0 saturated heterocycles. The molecule has 0 amide bonds. The van der Waals surface area contributed by atoms with Gasteiger partial charge in [0.25, 0.3) is 0 Å². The predicted molar refractivity (Wildman–Crippen MR) is 298 cm³/mol. The molecule has 0 aromatic carbocycles.